The smallest absolute Gasteiger partial charge is 0.159 e. The molecule has 3 rings (SSSR count). The second-order valence-electron chi connectivity index (χ2n) is 6.42. The summed E-state index contributed by atoms with van der Waals surface area (Å²) in [6, 6.07) is 15.5. The van der Waals surface area contributed by atoms with E-state index in [1.807, 2.05) is 26.2 Å². The van der Waals surface area contributed by atoms with Gasteiger partial charge in [-0.1, -0.05) is 12.1 Å². The van der Waals surface area contributed by atoms with E-state index in [9.17, 15) is 4.79 Å². The number of hydrogen-bond acceptors (Lipinski definition) is 5. The van der Waals surface area contributed by atoms with Crippen LogP contribution < -0.4 is 15.0 Å². The summed E-state index contributed by atoms with van der Waals surface area (Å²) in [6.45, 7) is 2.77. The van der Waals surface area contributed by atoms with Crippen molar-refractivity contribution in [2.45, 2.75) is 19.3 Å². The van der Waals surface area contributed by atoms with E-state index in [0.717, 1.165) is 23.5 Å². The molecule has 2 aromatic rings. The van der Waals surface area contributed by atoms with Crippen molar-refractivity contribution in [3.05, 3.63) is 59.7 Å². The molecule has 0 aromatic heterocycles. The number of ether oxygens (including phenoxy) is 2. The third-order valence-electron chi connectivity index (χ3n) is 4.27. The highest BCUT2D eigenvalue weighted by Gasteiger charge is 2.26. The molecule has 0 unspecified atom stereocenters. The number of benzene rings is 2. The summed E-state index contributed by atoms with van der Waals surface area (Å²) in [6.07, 6.45) is -0.115. The average molecular weight is 340 g/mol. The zero-order valence-corrected chi connectivity index (χ0v) is 14.9. The number of Topliss-reactive ketones (excluding diaryl/α,β-unsaturated/α-hetero) is 1. The standard InChI is InChI=1S/C20H24N2O3/c1-14(23)15-6-10-18(11-7-15)24-13-19-12-21-20(25-19)16-4-8-17(9-5-16)22(2)3/h4-11,19-21H,12-13H2,1-3H3/t19-,20-/m0/s1. The molecule has 25 heavy (non-hydrogen) atoms. The van der Waals surface area contributed by atoms with Gasteiger partial charge in [0.25, 0.3) is 0 Å². The summed E-state index contributed by atoms with van der Waals surface area (Å²) in [7, 11) is 4.05. The molecule has 1 heterocycles. The zero-order chi connectivity index (χ0) is 17.8. The number of nitrogens with one attached hydrogen (secondary N) is 1. The highest BCUT2D eigenvalue weighted by atomic mass is 16.6. The molecular formula is C20H24N2O3. The largest absolute Gasteiger partial charge is 0.491 e. The zero-order valence-electron chi connectivity index (χ0n) is 14.9. The minimum Gasteiger partial charge on any atom is -0.491 e. The predicted molar refractivity (Wildman–Crippen MR) is 98.3 cm³/mol. The quantitative estimate of drug-likeness (QED) is 0.819. The molecule has 132 valence electrons. The number of rotatable bonds is 6. The van der Waals surface area contributed by atoms with Gasteiger partial charge in [-0.15, -0.1) is 0 Å². The van der Waals surface area contributed by atoms with Crippen LogP contribution in [0.4, 0.5) is 5.69 Å². The first kappa shape index (κ1) is 17.5. The molecule has 2 aromatic carbocycles. The Morgan fingerprint density at radius 2 is 1.84 bits per heavy atom. The topological polar surface area (TPSA) is 50.8 Å². The maximum absolute atomic E-state index is 11.3. The van der Waals surface area contributed by atoms with Crippen molar-refractivity contribution >= 4 is 11.5 Å². The molecule has 5 heteroatoms. The van der Waals surface area contributed by atoms with Gasteiger partial charge in [-0.05, 0) is 48.9 Å². The van der Waals surface area contributed by atoms with Gasteiger partial charge in [0.05, 0.1) is 0 Å². The first-order valence-corrected chi connectivity index (χ1v) is 8.43. The van der Waals surface area contributed by atoms with Crippen LogP contribution in [0, 0.1) is 0 Å². The van der Waals surface area contributed by atoms with Crippen LogP contribution in [-0.4, -0.2) is 39.1 Å². The van der Waals surface area contributed by atoms with Crippen LogP contribution in [0.3, 0.4) is 0 Å². The Bertz CT molecular complexity index is 711. The van der Waals surface area contributed by atoms with Gasteiger partial charge in [0.2, 0.25) is 0 Å². The molecule has 1 N–H and O–H groups in total. The Morgan fingerprint density at radius 3 is 2.44 bits per heavy atom. The van der Waals surface area contributed by atoms with Gasteiger partial charge in [-0.25, -0.2) is 0 Å². The molecule has 0 spiro atoms. The van der Waals surface area contributed by atoms with E-state index in [1.165, 1.54) is 0 Å². The summed E-state index contributed by atoms with van der Waals surface area (Å²) in [4.78, 5) is 13.4. The maximum atomic E-state index is 11.3. The van der Waals surface area contributed by atoms with E-state index < -0.39 is 0 Å². The van der Waals surface area contributed by atoms with Gasteiger partial charge in [-0.2, -0.15) is 0 Å². The third-order valence-corrected chi connectivity index (χ3v) is 4.27. The lowest BCUT2D eigenvalue weighted by Crippen LogP contribution is -2.21. The lowest BCUT2D eigenvalue weighted by atomic mass is 10.1. The van der Waals surface area contributed by atoms with Gasteiger partial charge >= 0.3 is 0 Å². The maximum Gasteiger partial charge on any atom is 0.159 e. The van der Waals surface area contributed by atoms with Crippen molar-refractivity contribution in [2.24, 2.45) is 0 Å². The van der Waals surface area contributed by atoms with Crippen molar-refractivity contribution in [3.8, 4) is 5.75 Å². The number of anilines is 1. The van der Waals surface area contributed by atoms with Crippen LogP contribution in [0.5, 0.6) is 5.75 Å². The van der Waals surface area contributed by atoms with E-state index in [0.29, 0.717) is 12.2 Å². The molecule has 0 bridgehead atoms. The number of ketones is 1. The Labute approximate surface area is 148 Å². The molecule has 5 nitrogen and oxygen atoms in total. The minimum atomic E-state index is -0.107. The number of carbonyl (C=O) groups is 1. The number of nitrogens with zero attached hydrogens (tertiary/aromatic N) is 1. The molecule has 1 saturated heterocycles. The SMILES string of the molecule is CC(=O)c1ccc(OC[C@@H]2CN[C@H](c3ccc(N(C)C)cc3)O2)cc1. The fourth-order valence-electron chi connectivity index (χ4n) is 2.74. The first-order chi connectivity index (χ1) is 12.0. The Morgan fingerprint density at radius 1 is 1.16 bits per heavy atom. The Kier molecular flexibility index (Phi) is 5.36. The van der Waals surface area contributed by atoms with Crippen molar-refractivity contribution in [2.75, 3.05) is 32.1 Å². The fraction of sp³-hybridized carbons (Fsp3) is 0.350. The van der Waals surface area contributed by atoms with Crippen molar-refractivity contribution in [1.82, 2.24) is 5.32 Å². The lowest BCUT2D eigenvalue weighted by Gasteiger charge is -2.16. The normalized spacial score (nSPS) is 19.6. The third kappa shape index (κ3) is 4.38. The summed E-state index contributed by atoms with van der Waals surface area (Å²) in [5.74, 6) is 0.797. The molecule has 2 atom stereocenters. The molecule has 0 saturated carbocycles. The van der Waals surface area contributed by atoms with Crippen molar-refractivity contribution < 1.29 is 14.3 Å². The van der Waals surface area contributed by atoms with Crippen LogP contribution in [0.1, 0.15) is 29.1 Å². The number of carbonyl (C=O) groups excluding carboxylic acids is 1. The Balaban J connectivity index is 1.51. The first-order valence-electron chi connectivity index (χ1n) is 8.43. The minimum absolute atomic E-state index is 0.00833. The average Bonchev–Trinajstić information content (AvgIpc) is 3.09. The van der Waals surface area contributed by atoms with E-state index in [4.69, 9.17) is 9.47 Å². The highest BCUT2D eigenvalue weighted by molar-refractivity contribution is 5.94. The lowest BCUT2D eigenvalue weighted by molar-refractivity contribution is 0.0159. The molecule has 1 aliphatic heterocycles. The fourth-order valence-corrected chi connectivity index (χ4v) is 2.74. The van der Waals surface area contributed by atoms with Gasteiger partial charge in [0, 0.05) is 31.9 Å². The molecular weight excluding hydrogens is 316 g/mol. The van der Waals surface area contributed by atoms with E-state index in [1.54, 1.807) is 19.1 Å². The number of hydrogen-bond donors (Lipinski definition) is 1. The second kappa shape index (κ2) is 7.68. The van der Waals surface area contributed by atoms with E-state index >= 15 is 0 Å². The second-order valence-corrected chi connectivity index (χ2v) is 6.42. The van der Waals surface area contributed by atoms with Gasteiger partial charge in [0.15, 0.2) is 5.78 Å². The van der Waals surface area contributed by atoms with Gasteiger partial charge in [0.1, 0.15) is 24.7 Å². The Hall–Kier alpha value is -2.37. The van der Waals surface area contributed by atoms with Crippen LogP contribution in [-0.2, 0) is 4.74 Å². The van der Waals surface area contributed by atoms with Crippen molar-refractivity contribution in [3.63, 3.8) is 0 Å². The van der Waals surface area contributed by atoms with Crippen LogP contribution in [0.2, 0.25) is 0 Å². The molecule has 0 aliphatic carbocycles. The molecule has 1 fully saturated rings. The molecule has 0 amide bonds. The molecule has 1 aliphatic rings. The summed E-state index contributed by atoms with van der Waals surface area (Å²) in [5.41, 5.74) is 2.96. The van der Waals surface area contributed by atoms with Crippen LogP contribution >= 0.6 is 0 Å². The molecule has 0 radical (unpaired) electrons. The summed E-state index contributed by atoms with van der Waals surface area (Å²) < 4.78 is 11.8. The van der Waals surface area contributed by atoms with Gasteiger partial charge in [-0.3, -0.25) is 10.1 Å². The highest BCUT2D eigenvalue weighted by Crippen LogP contribution is 2.24. The van der Waals surface area contributed by atoms with Crippen LogP contribution in [0.25, 0.3) is 0 Å². The summed E-state index contributed by atoms with van der Waals surface area (Å²) in [5, 5.41) is 3.37. The predicted octanol–water partition coefficient (Wildman–Crippen LogP) is 3.02. The van der Waals surface area contributed by atoms with Gasteiger partial charge < -0.3 is 14.4 Å². The van der Waals surface area contributed by atoms with E-state index in [-0.39, 0.29) is 18.1 Å². The summed E-state index contributed by atoms with van der Waals surface area (Å²) >= 11 is 0. The monoisotopic (exact) mass is 340 g/mol. The van der Waals surface area contributed by atoms with Crippen molar-refractivity contribution in [1.29, 1.82) is 0 Å². The van der Waals surface area contributed by atoms with E-state index in [2.05, 4.69) is 34.5 Å². The van der Waals surface area contributed by atoms with Crippen LogP contribution in [0.15, 0.2) is 48.5 Å².